The summed E-state index contributed by atoms with van der Waals surface area (Å²) in [6, 6.07) is 3.46. The molecule has 1 amide bonds. The van der Waals surface area contributed by atoms with E-state index in [0.717, 1.165) is 5.69 Å². The second kappa shape index (κ2) is 6.52. The van der Waals surface area contributed by atoms with E-state index >= 15 is 0 Å². The highest BCUT2D eigenvalue weighted by Gasteiger charge is 2.19. The van der Waals surface area contributed by atoms with Gasteiger partial charge in [0.25, 0.3) is 0 Å². The Morgan fingerprint density at radius 2 is 2.00 bits per heavy atom. The van der Waals surface area contributed by atoms with Crippen molar-refractivity contribution >= 4 is 23.4 Å². The standard InChI is InChI=1S/C15H21ClN2O4/c1-9(7-17-14(19)22-15(2,3)4)18-11-6-13-12(5-10(11)16)20-8-21-13/h5-6,9,18H,7-8H2,1-4H3,(H,17,19). The molecular formula is C15H21ClN2O4. The van der Waals surface area contributed by atoms with Crippen LogP contribution in [0, 0.1) is 0 Å². The number of benzene rings is 1. The normalized spacial score (nSPS) is 14.4. The molecule has 1 atom stereocenters. The van der Waals surface area contributed by atoms with Crippen molar-refractivity contribution in [3.63, 3.8) is 0 Å². The first kappa shape index (κ1) is 16.5. The summed E-state index contributed by atoms with van der Waals surface area (Å²) >= 11 is 6.19. The van der Waals surface area contributed by atoms with E-state index < -0.39 is 11.7 Å². The van der Waals surface area contributed by atoms with Crippen LogP contribution in [0.25, 0.3) is 0 Å². The Labute approximate surface area is 135 Å². The number of halogens is 1. The van der Waals surface area contributed by atoms with Crippen molar-refractivity contribution in [1.29, 1.82) is 0 Å². The third-order valence-corrected chi connectivity index (χ3v) is 3.13. The van der Waals surface area contributed by atoms with Gasteiger partial charge in [0.1, 0.15) is 5.60 Å². The zero-order valence-corrected chi connectivity index (χ0v) is 13.9. The highest BCUT2D eigenvalue weighted by molar-refractivity contribution is 6.33. The molecule has 1 aliphatic heterocycles. The predicted molar refractivity (Wildman–Crippen MR) is 84.9 cm³/mol. The molecule has 7 heteroatoms. The number of carbonyl (C=O) groups excluding carboxylic acids is 1. The average molecular weight is 329 g/mol. The Morgan fingerprint density at radius 3 is 2.64 bits per heavy atom. The third kappa shape index (κ3) is 4.59. The van der Waals surface area contributed by atoms with Crippen molar-refractivity contribution in [2.45, 2.75) is 39.3 Å². The van der Waals surface area contributed by atoms with Crippen LogP contribution in [-0.2, 0) is 4.74 Å². The summed E-state index contributed by atoms with van der Waals surface area (Å²) < 4.78 is 15.8. The van der Waals surface area contributed by atoms with Crippen LogP contribution >= 0.6 is 11.6 Å². The van der Waals surface area contributed by atoms with E-state index in [0.29, 0.717) is 23.1 Å². The molecule has 0 radical (unpaired) electrons. The Bertz CT molecular complexity index is 557. The van der Waals surface area contributed by atoms with Gasteiger partial charge < -0.3 is 24.8 Å². The molecule has 22 heavy (non-hydrogen) atoms. The SMILES string of the molecule is CC(CNC(=O)OC(C)(C)C)Nc1cc2c(cc1Cl)OCO2. The maximum atomic E-state index is 11.6. The fourth-order valence-electron chi connectivity index (χ4n) is 1.89. The fourth-order valence-corrected chi connectivity index (χ4v) is 2.10. The second-order valence-corrected chi connectivity index (χ2v) is 6.52. The van der Waals surface area contributed by atoms with Crippen molar-refractivity contribution in [2.24, 2.45) is 0 Å². The summed E-state index contributed by atoms with van der Waals surface area (Å²) in [5, 5.41) is 6.46. The van der Waals surface area contributed by atoms with Crippen LogP contribution in [-0.4, -0.2) is 31.1 Å². The lowest BCUT2D eigenvalue weighted by molar-refractivity contribution is 0.0526. The van der Waals surface area contributed by atoms with Crippen molar-refractivity contribution in [2.75, 3.05) is 18.7 Å². The molecule has 1 aromatic carbocycles. The molecule has 122 valence electrons. The predicted octanol–water partition coefficient (Wildman–Crippen LogP) is 3.39. The highest BCUT2D eigenvalue weighted by Crippen LogP contribution is 2.39. The van der Waals surface area contributed by atoms with Crippen LogP contribution < -0.4 is 20.1 Å². The van der Waals surface area contributed by atoms with Crippen LogP contribution in [0.15, 0.2) is 12.1 Å². The highest BCUT2D eigenvalue weighted by atomic mass is 35.5. The zero-order chi connectivity index (χ0) is 16.3. The van der Waals surface area contributed by atoms with Gasteiger partial charge in [-0.05, 0) is 27.7 Å². The lowest BCUT2D eigenvalue weighted by atomic mass is 10.2. The smallest absolute Gasteiger partial charge is 0.407 e. The van der Waals surface area contributed by atoms with E-state index in [4.69, 9.17) is 25.8 Å². The summed E-state index contributed by atoms with van der Waals surface area (Å²) in [5.41, 5.74) is 0.214. The number of anilines is 1. The minimum Gasteiger partial charge on any atom is -0.454 e. The molecule has 0 aromatic heterocycles. The summed E-state index contributed by atoms with van der Waals surface area (Å²) in [6.07, 6.45) is -0.446. The number of amides is 1. The van der Waals surface area contributed by atoms with E-state index in [9.17, 15) is 4.79 Å². The largest absolute Gasteiger partial charge is 0.454 e. The van der Waals surface area contributed by atoms with Gasteiger partial charge in [-0.1, -0.05) is 11.6 Å². The van der Waals surface area contributed by atoms with Crippen LogP contribution in [0.1, 0.15) is 27.7 Å². The van der Waals surface area contributed by atoms with Gasteiger partial charge >= 0.3 is 6.09 Å². The molecule has 1 aromatic rings. The number of carbonyl (C=O) groups is 1. The van der Waals surface area contributed by atoms with Gasteiger partial charge in [-0.15, -0.1) is 0 Å². The van der Waals surface area contributed by atoms with Crippen LogP contribution in [0.2, 0.25) is 5.02 Å². The summed E-state index contributed by atoms with van der Waals surface area (Å²) in [5.74, 6) is 1.29. The van der Waals surface area contributed by atoms with Crippen LogP contribution in [0.4, 0.5) is 10.5 Å². The molecule has 0 saturated heterocycles. The van der Waals surface area contributed by atoms with E-state index in [2.05, 4.69) is 10.6 Å². The van der Waals surface area contributed by atoms with Crippen molar-refractivity contribution in [3.05, 3.63) is 17.2 Å². The molecule has 0 bridgehead atoms. The Morgan fingerprint density at radius 1 is 1.36 bits per heavy atom. The number of nitrogens with one attached hydrogen (secondary N) is 2. The minimum absolute atomic E-state index is 0.0367. The summed E-state index contributed by atoms with van der Waals surface area (Å²) in [4.78, 5) is 11.6. The first-order valence-electron chi connectivity index (χ1n) is 7.07. The topological polar surface area (TPSA) is 68.8 Å². The first-order valence-corrected chi connectivity index (χ1v) is 7.45. The zero-order valence-electron chi connectivity index (χ0n) is 13.2. The average Bonchev–Trinajstić information content (AvgIpc) is 2.82. The van der Waals surface area contributed by atoms with E-state index in [1.807, 2.05) is 27.7 Å². The molecule has 6 nitrogen and oxygen atoms in total. The van der Waals surface area contributed by atoms with Crippen LogP contribution in [0.3, 0.4) is 0 Å². The summed E-state index contributed by atoms with van der Waals surface area (Å²) in [7, 11) is 0. The molecule has 1 unspecified atom stereocenters. The van der Waals surface area contributed by atoms with Crippen LogP contribution in [0.5, 0.6) is 11.5 Å². The lowest BCUT2D eigenvalue weighted by Crippen LogP contribution is -2.38. The second-order valence-electron chi connectivity index (χ2n) is 6.11. The minimum atomic E-state index is -0.513. The number of hydrogen-bond donors (Lipinski definition) is 2. The van der Waals surface area contributed by atoms with E-state index in [-0.39, 0.29) is 12.8 Å². The molecule has 2 rings (SSSR count). The molecule has 0 aliphatic carbocycles. The maximum Gasteiger partial charge on any atom is 0.407 e. The Kier molecular flexibility index (Phi) is 4.90. The molecule has 2 N–H and O–H groups in total. The molecule has 0 saturated carbocycles. The van der Waals surface area contributed by atoms with Gasteiger partial charge in [-0.3, -0.25) is 0 Å². The molecule has 0 spiro atoms. The van der Waals surface area contributed by atoms with Gasteiger partial charge in [-0.2, -0.15) is 0 Å². The van der Waals surface area contributed by atoms with E-state index in [1.54, 1.807) is 12.1 Å². The Balaban J connectivity index is 1.87. The first-order chi connectivity index (χ1) is 10.2. The van der Waals surface area contributed by atoms with Crippen molar-refractivity contribution in [3.8, 4) is 11.5 Å². The van der Waals surface area contributed by atoms with Gasteiger partial charge in [-0.25, -0.2) is 4.79 Å². The lowest BCUT2D eigenvalue weighted by Gasteiger charge is -2.21. The quantitative estimate of drug-likeness (QED) is 0.886. The number of fused-ring (bicyclic) bond motifs is 1. The monoisotopic (exact) mass is 328 g/mol. The maximum absolute atomic E-state index is 11.6. The number of ether oxygens (including phenoxy) is 3. The molecule has 1 aliphatic rings. The fraction of sp³-hybridized carbons (Fsp3) is 0.533. The van der Waals surface area contributed by atoms with E-state index in [1.165, 1.54) is 0 Å². The molecule has 0 fully saturated rings. The van der Waals surface area contributed by atoms with Gasteiger partial charge in [0.05, 0.1) is 10.7 Å². The number of alkyl carbamates (subject to hydrolysis) is 1. The number of rotatable bonds is 4. The van der Waals surface area contributed by atoms with Gasteiger partial charge in [0, 0.05) is 24.7 Å². The van der Waals surface area contributed by atoms with Gasteiger partial charge in [0.15, 0.2) is 11.5 Å². The molecular weight excluding hydrogens is 308 g/mol. The van der Waals surface area contributed by atoms with Crippen molar-refractivity contribution in [1.82, 2.24) is 5.32 Å². The molecule has 1 heterocycles. The Hall–Kier alpha value is -1.82. The van der Waals surface area contributed by atoms with Gasteiger partial charge in [0.2, 0.25) is 6.79 Å². The summed E-state index contributed by atoms with van der Waals surface area (Å²) in [6.45, 7) is 7.99. The third-order valence-electron chi connectivity index (χ3n) is 2.82. The number of hydrogen-bond acceptors (Lipinski definition) is 5. The van der Waals surface area contributed by atoms with Crippen molar-refractivity contribution < 1.29 is 19.0 Å².